The number of hydrogen-bond donors (Lipinski definition) is 0. The number of aliphatic imine (C=N–C) groups is 1. The predicted octanol–water partition coefficient (Wildman–Crippen LogP) is 4.49. The lowest BCUT2D eigenvalue weighted by molar-refractivity contribution is 0.266. The number of rotatable bonds is 2. The Labute approximate surface area is 188 Å². The van der Waals surface area contributed by atoms with Crippen LogP contribution in [0.15, 0.2) is 76.6 Å². The Morgan fingerprint density at radius 1 is 0.844 bits per heavy atom. The second kappa shape index (κ2) is 8.07. The standard InChI is InChI=1S/C25H25N3O3S/c1-18-11-12-22-20(17-18)25(26-21-8-4-5-9-23(21)31-22)27-13-15-28(16-14-27)32(29,30)24-10-6-3-7-19(24)2/h3-12,17H,13-16H2,1-2H3. The zero-order valence-corrected chi connectivity index (χ0v) is 19.0. The molecule has 164 valence electrons. The molecule has 2 aliphatic heterocycles. The normalized spacial score (nSPS) is 16.4. The number of hydrogen-bond acceptors (Lipinski definition) is 5. The van der Waals surface area contributed by atoms with Gasteiger partial charge in [-0.2, -0.15) is 4.31 Å². The van der Waals surface area contributed by atoms with Crippen LogP contribution in [0.4, 0.5) is 5.69 Å². The molecule has 3 aromatic rings. The molecule has 2 aliphatic rings. The van der Waals surface area contributed by atoms with Gasteiger partial charge < -0.3 is 9.64 Å². The van der Waals surface area contributed by atoms with Gasteiger partial charge in [0.25, 0.3) is 0 Å². The van der Waals surface area contributed by atoms with Crippen LogP contribution in [-0.2, 0) is 10.0 Å². The average molecular weight is 448 g/mol. The van der Waals surface area contributed by atoms with E-state index in [9.17, 15) is 8.42 Å². The van der Waals surface area contributed by atoms with E-state index < -0.39 is 10.0 Å². The summed E-state index contributed by atoms with van der Waals surface area (Å²) in [6, 6.07) is 20.9. The summed E-state index contributed by atoms with van der Waals surface area (Å²) in [5, 5.41) is 0. The maximum atomic E-state index is 13.2. The molecule has 0 unspecified atom stereocenters. The van der Waals surface area contributed by atoms with Gasteiger partial charge in [-0.05, 0) is 49.7 Å². The lowest BCUT2D eigenvalue weighted by Gasteiger charge is -2.36. The average Bonchev–Trinajstić information content (AvgIpc) is 2.96. The molecular formula is C25H25N3O3S. The van der Waals surface area contributed by atoms with Crippen LogP contribution in [0.3, 0.4) is 0 Å². The minimum Gasteiger partial charge on any atom is -0.454 e. The molecule has 0 saturated carbocycles. The number of amidine groups is 1. The van der Waals surface area contributed by atoms with Crippen molar-refractivity contribution in [3.8, 4) is 11.5 Å². The lowest BCUT2D eigenvalue weighted by Crippen LogP contribution is -2.50. The summed E-state index contributed by atoms with van der Waals surface area (Å²) in [7, 11) is -3.53. The largest absolute Gasteiger partial charge is 0.454 e. The number of para-hydroxylation sites is 2. The van der Waals surface area contributed by atoms with Crippen molar-refractivity contribution in [2.45, 2.75) is 18.7 Å². The Hall–Kier alpha value is -3.16. The number of nitrogens with zero attached hydrogens (tertiary/aromatic N) is 3. The fraction of sp³-hybridized carbons (Fsp3) is 0.240. The summed E-state index contributed by atoms with van der Waals surface area (Å²) >= 11 is 0. The van der Waals surface area contributed by atoms with Crippen molar-refractivity contribution in [2.75, 3.05) is 26.2 Å². The number of sulfonamides is 1. The Kier molecular flexibility index (Phi) is 5.23. The van der Waals surface area contributed by atoms with Gasteiger partial charge >= 0.3 is 0 Å². The summed E-state index contributed by atoms with van der Waals surface area (Å²) in [6.07, 6.45) is 0. The summed E-state index contributed by atoms with van der Waals surface area (Å²) < 4.78 is 34.2. The van der Waals surface area contributed by atoms with Crippen molar-refractivity contribution in [1.29, 1.82) is 0 Å². The van der Waals surface area contributed by atoms with Crippen LogP contribution in [0.2, 0.25) is 0 Å². The molecule has 0 bridgehead atoms. The highest BCUT2D eigenvalue weighted by Gasteiger charge is 2.32. The second-order valence-corrected chi connectivity index (χ2v) is 10.1. The Balaban J connectivity index is 1.46. The van der Waals surface area contributed by atoms with Crippen LogP contribution in [0.25, 0.3) is 0 Å². The summed E-state index contributed by atoms with van der Waals surface area (Å²) in [5.41, 5.74) is 3.58. The van der Waals surface area contributed by atoms with Gasteiger partial charge in [0.1, 0.15) is 17.3 Å². The van der Waals surface area contributed by atoms with Crippen LogP contribution in [0.1, 0.15) is 16.7 Å². The van der Waals surface area contributed by atoms with E-state index in [4.69, 9.17) is 9.73 Å². The molecule has 3 aromatic carbocycles. The van der Waals surface area contributed by atoms with Crippen molar-refractivity contribution in [3.63, 3.8) is 0 Å². The maximum absolute atomic E-state index is 13.2. The number of piperazine rings is 1. The molecule has 0 radical (unpaired) electrons. The fourth-order valence-corrected chi connectivity index (χ4v) is 5.85. The SMILES string of the molecule is Cc1ccc2c(c1)C(N1CCN(S(=O)(=O)c3ccccc3C)CC1)=Nc1ccccc1O2. The molecule has 1 fully saturated rings. The topological polar surface area (TPSA) is 62.2 Å². The molecular weight excluding hydrogens is 422 g/mol. The third kappa shape index (κ3) is 3.67. The van der Waals surface area contributed by atoms with Crippen molar-refractivity contribution in [3.05, 3.63) is 83.4 Å². The first-order valence-electron chi connectivity index (χ1n) is 10.7. The summed E-state index contributed by atoms with van der Waals surface area (Å²) in [4.78, 5) is 7.49. The number of aryl methyl sites for hydroxylation is 2. The van der Waals surface area contributed by atoms with Crippen LogP contribution >= 0.6 is 0 Å². The Bertz CT molecular complexity index is 1310. The van der Waals surface area contributed by atoms with Crippen molar-refractivity contribution >= 4 is 21.5 Å². The van der Waals surface area contributed by atoms with Gasteiger partial charge in [-0.3, -0.25) is 0 Å². The van der Waals surface area contributed by atoms with E-state index in [-0.39, 0.29) is 0 Å². The van der Waals surface area contributed by atoms with Crippen molar-refractivity contribution in [1.82, 2.24) is 9.21 Å². The Morgan fingerprint density at radius 2 is 1.56 bits per heavy atom. The van der Waals surface area contributed by atoms with Gasteiger partial charge in [0.05, 0.1) is 10.5 Å². The van der Waals surface area contributed by atoms with Crippen LogP contribution in [0.5, 0.6) is 11.5 Å². The van der Waals surface area contributed by atoms with Crippen molar-refractivity contribution in [2.24, 2.45) is 4.99 Å². The van der Waals surface area contributed by atoms with E-state index in [2.05, 4.69) is 11.0 Å². The van der Waals surface area contributed by atoms with Crippen LogP contribution in [0, 0.1) is 13.8 Å². The van der Waals surface area contributed by atoms with E-state index in [0.717, 1.165) is 34.0 Å². The lowest BCUT2D eigenvalue weighted by atomic mass is 10.1. The molecule has 0 N–H and O–H groups in total. The minimum absolute atomic E-state index is 0.378. The minimum atomic E-state index is -3.53. The van der Waals surface area contributed by atoms with E-state index >= 15 is 0 Å². The highest BCUT2D eigenvalue weighted by Crippen LogP contribution is 2.38. The maximum Gasteiger partial charge on any atom is 0.243 e. The Morgan fingerprint density at radius 3 is 2.34 bits per heavy atom. The molecule has 0 aromatic heterocycles. The molecule has 2 heterocycles. The van der Waals surface area contributed by atoms with E-state index in [1.54, 1.807) is 16.4 Å². The molecule has 0 amide bonds. The highest BCUT2D eigenvalue weighted by molar-refractivity contribution is 7.89. The number of ether oxygens (including phenoxy) is 1. The molecule has 1 saturated heterocycles. The van der Waals surface area contributed by atoms with E-state index in [1.165, 1.54) is 0 Å². The molecule has 0 spiro atoms. The molecule has 0 atom stereocenters. The first-order chi connectivity index (χ1) is 15.4. The molecule has 7 heteroatoms. The van der Waals surface area contributed by atoms with Gasteiger partial charge in [0.15, 0.2) is 5.75 Å². The molecule has 0 aliphatic carbocycles. The highest BCUT2D eigenvalue weighted by atomic mass is 32.2. The fourth-order valence-electron chi connectivity index (χ4n) is 4.20. The number of benzene rings is 3. The monoisotopic (exact) mass is 447 g/mol. The van der Waals surface area contributed by atoms with Gasteiger partial charge in [0.2, 0.25) is 10.0 Å². The first-order valence-corrected chi connectivity index (χ1v) is 12.1. The van der Waals surface area contributed by atoms with E-state index in [1.807, 2.05) is 62.4 Å². The quantitative estimate of drug-likeness (QED) is 0.581. The number of fused-ring (bicyclic) bond motifs is 2. The molecule has 6 nitrogen and oxygen atoms in total. The predicted molar refractivity (Wildman–Crippen MR) is 125 cm³/mol. The van der Waals surface area contributed by atoms with Crippen molar-refractivity contribution < 1.29 is 13.2 Å². The van der Waals surface area contributed by atoms with E-state index in [0.29, 0.717) is 36.8 Å². The van der Waals surface area contributed by atoms with Gasteiger partial charge in [0, 0.05) is 26.2 Å². The van der Waals surface area contributed by atoms with Gasteiger partial charge in [-0.1, -0.05) is 42.0 Å². The zero-order valence-electron chi connectivity index (χ0n) is 18.2. The van der Waals surface area contributed by atoms with Crippen LogP contribution in [-0.4, -0.2) is 49.6 Å². The summed E-state index contributed by atoms with van der Waals surface area (Å²) in [6.45, 7) is 5.79. The zero-order chi connectivity index (χ0) is 22.3. The smallest absolute Gasteiger partial charge is 0.243 e. The first kappa shape index (κ1) is 20.7. The van der Waals surface area contributed by atoms with Gasteiger partial charge in [-0.25, -0.2) is 13.4 Å². The molecule has 5 rings (SSSR count). The second-order valence-electron chi connectivity index (χ2n) is 8.16. The summed E-state index contributed by atoms with van der Waals surface area (Å²) in [5.74, 6) is 2.30. The third-order valence-corrected chi connectivity index (χ3v) is 8.00. The third-order valence-electron chi connectivity index (χ3n) is 5.94. The molecule has 32 heavy (non-hydrogen) atoms. The van der Waals surface area contributed by atoms with Crippen LogP contribution < -0.4 is 4.74 Å². The van der Waals surface area contributed by atoms with Gasteiger partial charge in [-0.15, -0.1) is 0 Å².